The van der Waals surface area contributed by atoms with Crippen LogP contribution >= 0.6 is 0 Å². The third-order valence-electron chi connectivity index (χ3n) is 4.11. The Morgan fingerprint density at radius 2 is 1.90 bits per heavy atom. The highest BCUT2D eigenvalue weighted by Crippen LogP contribution is 2.24. The van der Waals surface area contributed by atoms with Gasteiger partial charge in [-0.2, -0.15) is 0 Å². The molecule has 21 heavy (non-hydrogen) atoms. The quantitative estimate of drug-likeness (QED) is 0.664. The normalized spacial score (nSPS) is 16.2. The van der Waals surface area contributed by atoms with E-state index in [1.807, 2.05) is 4.90 Å². The minimum Gasteiger partial charge on any atom is -0.385 e. The third kappa shape index (κ3) is 8.27. The molecule has 1 fully saturated rings. The molecule has 1 saturated carbocycles. The van der Waals surface area contributed by atoms with Crippen LogP contribution in [-0.2, 0) is 4.74 Å². The fourth-order valence-electron chi connectivity index (χ4n) is 2.80. The van der Waals surface area contributed by atoms with Gasteiger partial charge < -0.3 is 19.9 Å². The molecule has 0 atom stereocenters. The molecule has 0 heterocycles. The second-order valence-electron chi connectivity index (χ2n) is 6.33. The summed E-state index contributed by atoms with van der Waals surface area (Å²) in [4.78, 5) is 16.5. The number of ether oxygens (including phenoxy) is 1. The number of nitrogens with zero attached hydrogens (tertiary/aromatic N) is 2. The topological polar surface area (TPSA) is 44.8 Å². The highest BCUT2D eigenvalue weighted by molar-refractivity contribution is 5.74. The predicted octanol–water partition coefficient (Wildman–Crippen LogP) is 2.18. The number of hydrogen-bond acceptors (Lipinski definition) is 3. The van der Waals surface area contributed by atoms with Crippen molar-refractivity contribution in [2.75, 3.05) is 54.0 Å². The first-order valence-electron chi connectivity index (χ1n) is 8.30. The van der Waals surface area contributed by atoms with E-state index < -0.39 is 0 Å². The number of likely N-dealkylation sites (N-methyl/N-ethyl adjacent to an activating group) is 1. The number of hydrogen-bond donors (Lipinski definition) is 1. The van der Waals surface area contributed by atoms with Crippen LogP contribution in [0.2, 0.25) is 0 Å². The van der Waals surface area contributed by atoms with Gasteiger partial charge >= 0.3 is 6.03 Å². The van der Waals surface area contributed by atoms with Crippen molar-refractivity contribution in [3.8, 4) is 0 Å². The van der Waals surface area contributed by atoms with Gasteiger partial charge in [-0.3, -0.25) is 0 Å². The van der Waals surface area contributed by atoms with Crippen molar-refractivity contribution in [1.29, 1.82) is 0 Å². The van der Waals surface area contributed by atoms with Crippen molar-refractivity contribution < 1.29 is 9.53 Å². The second-order valence-corrected chi connectivity index (χ2v) is 6.33. The Morgan fingerprint density at radius 1 is 1.19 bits per heavy atom. The molecule has 124 valence electrons. The Bertz CT molecular complexity index is 279. The van der Waals surface area contributed by atoms with E-state index in [1.165, 1.54) is 32.1 Å². The lowest BCUT2D eigenvalue weighted by Crippen LogP contribution is -2.45. The SMILES string of the molecule is COCCCNC(=O)N(CCN(C)C)CC1CCCCC1. The molecule has 1 N–H and O–H groups in total. The number of carbonyl (C=O) groups is 1. The first kappa shape index (κ1) is 18.2. The van der Waals surface area contributed by atoms with Crippen molar-refractivity contribution in [1.82, 2.24) is 15.1 Å². The zero-order valence-electron chi connectivity index (χ0n) is 14.1. The predicted molar refractivity (Wildman–Crippen MR) is 86.6 cm³/mol. The molecule has 5 heteroatoms. The van der Waals surface area contributed by atoms with E-state index in [9.17, 15) is 4.79 Å². The third-order valence-corrected chi connectivity index (χ3v) is 4.11. The van der Waals surface area contributed by atoms with Crippen LogP contribution in [0.3, 0.4) is 0 Å². The van der Waals surface area contributed by atoms with Gasteiger partial charge in [-0.05, 0) is 39.3 Å². The highest BCUT2D eigenvalue weighted by atomic mass is 16.5. The number of nitrogens with one attached hydrogen (secondary N) is 1. The molecular formula is C16H33N3O2. The van der Waals surface area contributed by atoms with Crippen LogP contribution in [0.5, 0.6) is 0 Å². The number of urea groups is 1. The molecule has 0 aromatic carbocycles. The van der Waals surface area contributed by atoms with Crippen LogP contribution in [0, 0.1) is 5.92 Å². The molecule has 1 aliphatic rings. The van der Waals surface area contributed by atoms with Crippen molar-refractivity contribution in [2.24, 2.45) is 5.92 Å². The monoisotopic (exact) mass is 299 g/mol. The number of methoxy groups -OCH3 is 1. The Balaban J connectivity index is 2.39. The molecule has 1 aliphatic carbocycles. The molecule has 0 spiro atoms. The van der Waals surface area contributed by atoms with Crippen LogP contribution in [0.1, 0.15) is 38.5 Å². The molecule has 0 aromatic rings. The first-order chi connectivity index (χ1) is 10.1. The number of amides is 2. The summed E-state index contributed by atoms with van der Waals surface area (Å²) in [5, 5.41) is 3.02. The minimum atomic E-state index is 0.0820. The molecule has 5 nitrogen and oxygen atoms in total. The summed E-state index contributed by atoms with van der Waals surface area (Å²) in [7, 11) is 5.79. The lowest BCUT2D eigenvalue weighted by molar-refractivity contribution is 0.167. The first-order valence-corrected chi connectivity index (χ1v) is 8.30. The Kier molecular flexibility index (Phi) is 9.42. The second kappa shape index (κ2) is 10.9. The zero-order valence-corrected chi connectivity index (χ0v) is 14.1. The Morgan fingerprint density at radius 3 is 2.52 bits per heavy atom. The summed E-state index contributed by atoms with van der Waals surface area (Å²) < 4.78 is 5.01. The standard InChI is InChI=1S/C16H33N3O2/c1-18(2)11-12-19(14-15-8-5-4-6-9-15)16(20)17-10-7-13-21-3/h15H,4-14H2,1-3H3,(H,17,20). The fourth-order valence-corrected chi connectivity index (χ4v) is 2.80. The van der Waals surface area contributed by atoms with Crippen molar-refractivity contribution in [3.63, 3.8) is 0 Å². The average Bonchev–Trinajstić information content (AvgIpc) is 2.48. The van der Waals surface area contributed by atoms with E-state index in [2.05, 4.69) is 24.3 Å². The maximum atomic E-state index is 12.3. The summed E-state index contributed by atoms with van der Waals surface area (Å²) in [6, 6.07) is 0.0820. The number of carbonyl (C=O) groups excluding carboxylic acids is 1. The van der Waals surface area contributed by atoms with Crippen molar-refractivity contribution >= 4 is 6.03 Å². The van der Waals surface area contributed by atoms with Crippen LogP contribution in [-0.4, -0.2) is 69.8 Å². The van der Waals surface area contributed by atoms with Crippen molar-refractivity contribution in [3.05, 3.63) is 0 Å². The van der Waals surface area contributed by atoms with Gasteiger partial charge in [0.2, 0.25) is 0 Å². The number of rotatable bonds is 9. The highest BCUT2D eigenvalue weighted by Gasteiger charge is 2.20. The Labute approximate surface area is 130 Å². The average molecular weight is 299 g/mol. The minimum absolute atomic E-state index is 0.0820. The largest absolute Gasteiger partial charge is 0.385 e. The lowest BCUT2D eigenvalue weighted by atomic mass is 9.89. The van der Waals surface area contributed by atoms with E-state index in [1.54, 1.807) is 7.11 Å². The lowest BCUT2D eigenvalue weighted by Gasteiger charge is -2.30. The molecule has 0 radical (unpaired) electrons. The van der Waals surface area contributed by atoms with E-state index in [4.69, 9.17) is 4.74 Å². The smallest absolute Gasteiger partial charge is 0.317 e. The van der Waals surface area contributed by atoms with Gasteiger partial charge in [0.1, 0.15) is 0 Å². The molecule has 0 saturated heterocycles. The zero-order chi connectivity index (χ0) is 15.5. The van der Waals surface area contributed by atoms with Gasteiger partial charge in [-0.15, -0.1) is 0 Å². The van der Waals surface area contributed by atoms with Crippen molar-refractivity contribution in [2.45, 2.75) is 38.5 Å². The van der Waals surface area contributed by atoms with Gasteiger partial charge in [0.15, 0.2) is 0 Å². The van der Waals surface area contributed by atoms with E-state index in [-0.39, 0.29) is 6.03 Å². The summed E-state index contributed by atoms with van der Waals surface area (Å²) in [5.41, 5.74) is 0. The summed E-state index contributed by atoms with van der Waals surface area (Å²) >= 11 is 0. The maximum Gasteiger partial charge on any atom is 0.317 e. The molecule has 0 unspecified atom stereocenters. The van der Waals surface area contributed by atoms with E-state index in [0.29, 0.717) is 19.1 Å². The molecule has 2 amide bonds. The van der Waals surface area contributed by atoms with Gasteiger partial charge in [0.05, 0.1) is 0 Å². The Hall–Kier alpha value is -0.810. The van der Waals surface area contributed by atoms with Crippen LogP contribution in [0.15, 0.2) is 0 Å². The summed E-state index contributed by atoms with van der Waals surface area (Å²) in [6.07, 6.45) is 7.42. The van der Waals surface area contributed by atoms with Gasteiger partial charge in [0.25, 0.3) is 0 Å². The van der Waals surface area contributed by atoms with Crippen LogP contribution < -0.4 is 5.32 Å². The van der Waals surface area contributed by atoms with E-state index >= 15 is 0 Å². The molecule has 1 rings (SSSR count). The maximum absolute atomic E-state index is 12.3. The van der Waals surface area contributed by atoms with Crippen LogP contribution in [0.4, 0.5) is 4.79 Å². The summed E-state index contributed by atoms with van der Waals surface area (Å²) in [6.45, 7) is 4.01. The summed E-state index contributed by atoms with van der Waals surface area (Å²) in [5.74, 6) is 0.686. The van der Waals surface area contributed by atoms with E-state index in [0.717, 1.165) is 26.1 Å². The molecular weight excluding hydrogens is 266 g/mol. The molecule has 0 bridgehead atoms. The molecule has 0 aliphatic heterocycles. The van der Waals surface area contributed by atoms with Gasteiger partial charge in [-0.1, -0.05) is 19.3 Å². The van der Waals surface area contributed by atoms with Crippen LogP contribution in [0.25, 0.3) is 0 Å². The van der Waals surface area contributed by atoms with Gasteiger partial charge in [-0.25, -0.2) is 4.79 Å². The van der Waals surface area contributed by atoms with Gasteiger partial charge in [0, 0.05) is 39.9 Å². The molecule has 0 aromatic heterocycles. The fraction of sp³-hybridized carbons (Fsp3) is 0.938.